The van der Waals surface area contributed by atoms with E-state index < -0.39 is 0 Å². The van der Waals surface area contributed by atoms with Gasteiger partial charge in [-0.2, -0.15) is 0 Å². The summed E-state index contributed by atoms with van der Waals surface area (Å²) < 4.78 is 0. The van der Waals surface area contributed by atoms with Crippen LogP contribution in [0.5, 0.6) is 0 Å². The Morgan fingerprint density at radius 1 is 0.733 bits per heavy atom. The average Bonchev–Trinajstić information content (AvgIpc) is 2.75. The highest BCUT2D eigenvalue weighted by Gasteiger charge is 2.13. The van der Waals surface area contributed by atoms with Crippen molar-refractivity contribution >= 4 is 17.2 Å². The minimum Gasteiger partial charge on any atom is -0.399 e. The van der Waals surface area contributed by atoms with Crippen molar-refractivity contribution in [3.05, 3.63) is 71.8 Å². The van der Waals surface area contributed by atoms with Crippen LogP contribution in [0.3, 0.4) is 0 Å². The van der Waals surface area contributed by atoms with Gasteiger partial charge in [0.05, 0.1) is 0 Å². The lowest BCUT2D eigenvalue weighted by molar-refractivity contribution is -0.117. The van der Waals surface area contributed by atoms with Gasteiger partial charge in [-0.1, -0.05) is 100 Å². The number of nitrogens with one attached hydrogen (secondary N) is 1. The van der Waals surface area contributed by atoms with Gasteiger partial charge in [-0.15, -0.1) is 0 Å². The Labute approximate surface area is 181 Å². The molecule has 1 aliphatic rings. The summed E-state index contributed by atoms with van der Waals surface area (Å²) >= 11 is 0. The lowest BCUT2D eigenvalue weighted by Gasteiger charge is -2.19. The zero-order valence-electron chi connectivity index (χ0n) is 18.1. The number of nitrogens with two attached hydrogens (primary N) is 1. The van der Waals surface area contributed by atoms with Gasteiger partial charge in [0.2, 0.25) is 5.91 Å². The van der Waals surface area contributed by atoms with Crippen molar-refractivity contribution in [2.45, 2.75) is 76.7 Å². The molecule has 0 aromatic heterocycles. The van der Waals surface area contributed by atoms with Crippen LogP contribution in [0.4, 0.5) is 5.69 Å². The molecule has 1 amide bonds. The summed E-state index contributed by atoms with van der Waals surface area (Å²) in [5, 5.41) is 3.31. The van der Waals surface area contributed by atoms with E-state index in [1.54, 1.807) is 6.08 Å². The van der Waals surface area contributed by atoms with Crippen molar-refractivity contribution in [1.29, 1.82) is 0 Å². The van der Waals surface area contributed by atoms with E-state index in [1.165, 1.54) is 57.8 Å². The first-order valence-corrected chi connectivity index (χ1v) is 11.7. The quantitative estimate of drug-likeness (QED) is 0.452. The molecule has 0 aliphatic heterocycles. The molecule has 2 aromatic rings. The SMILES string of the molecule is Nc1ccc(C(=CC(=O)NC2CCCCCCCCCCC2)c2ccccc2)cc1. The van der Waals surface area contributed by atoms with Gasteiger partial charge in [0.1, 0.15) is 0 Å². The van der Waals surface area contributed by atoms with Crippen molar-refractivity contribution in [3.63, 3.8) is 0 Å². The molecule has 0 unspecified atom stereocenters. The van der Waals surface area contributed by atoms with Gasteiger partial charge in [-0.3, -0.25) is 4.79 Å². The molecular formula is C27H36N2O. The van der Waals surface area contributed by atoms with Crippen molar-refractivity contribution < 1.29 is 4.79 Å². The summed E-state index contributed by atoms with van der Waals surface area (Å²) in [7, 11) is 0. The molecule has 0 heterocycles. The number of nitrogen functional groups attached to an aromatic ring is 1. The molecule has 0 spiro atoms. The largest absolute Gasteiger partial charge is 0.399 e. The number of rotatable bonds is 4. The molecular weight excluding hydrogens is 368 g/mol. The number of carbonyl (C=O) groups is 1. The van der Waals surface area contributed by atoms with Crippen LogP contribution in [0.25, 0.3) is 5.57 Å². The molecule has 1 aliphatic carbocycles. The van der Waals surface area contributed by atoms with E-state index >= 15 is 0 Å². The Kier molecular flexibility index (Phi) is 9.02. The molecule has 3 N–H and O–H groups in total. The zero-order chi connectivity index (χ0) is 21.0. The second-order valence-electron chi connectivity index (χ2n) is 8.51. The van der Waals surface area contributed by atoms with E-state index in [0.717, 1.165) is 35.2 Å². The van der Waals surface area contributed by atoms with Gasteiger partial charge < -0.3 is 11.1 Å². The number of hydrogen-bond acceptors (Lipinski definition) is 2. The predicted octanol–water partition coefficient (Wildman–Crippen LogP) is 6.49. The first-order chi connectivity index (χ1) is 14.7. The number of amides is 1. The maximum absolute atomic E-state index is 13.0. The highest BCUT2D eigenvalue weighted by atomic mass is 16.1. The second kappa shape index (κ2) is 12.2. The first-order valence-electron chi connectivity index (χ1n) is 11.7. The molecule has 1 saturated carbocycles. The molecule has 3 rings (SSSR count). The third kappa shape index (κ3) is 7.37. The molecule has 0 atom stereocenters. The van der Waals surface area contributed by atoms with E-state index in [2.05, 4.69) is 5.32 Å². The number of anilines is 1. The molecule has 2 aromatic carbocycles. The van der Waals surface area contributed by atoms with Crippen LogP contribution in [-0.2, 0) is 4.79 Å². The van der Waals surface area contributed by atoms with Gasteiger partial charge in [-0.25, -0.2) is 0 Å². The fraction of sp³-hybridized carbons (Fsp3) is 0.444. The van der Waals surface area contributed by atoms with E-state index in [1.807, 2.05) is 54.6 Å². The lowest BCUT2D eigenvalue weighted by Crippen LogP contribution is -2.34. The fourth-order valence-corrected chi connectivity index (χ4v) is 4.30. The van der Waals surface area contributed by atoms with Crippen molar-refractivity contribution in [1.82, 2.24) is 5.32 Å². The standard InChI is InChI=1S/C27H36N2O/c28-24-19-17-23(18-20-24)26(22-13-9-8-10-14-22)21-27(30)29-25-15-11-6-4-2-1-3-5-7-12-16-25/h8-10,13-14,17-21,25H,1-7,11-12,15-16,28H2,(H,29,30). The summed E-state index contributed by atoms with van der Waals surface area (Å²) in [5.74, 6) is 0.00257. The van der Waals surface area contributed by atoms with E-state index in [9.17, 15) is 4.79 Å². The summed E-state index contributed by atoms with van der Waals surface area (Å²) in [5.41, 5.74) is 9.56. The van der Waals surface area contributed by atoms with E-state index in [-0.39, 0.29) is 11.9 Å². The Hall–Kier alpha value is -2.55. The van der Waals surface area contributed by atoms with Gasteiger partial charge in [0.25, 0.3) is 0 Å². The monoisotopic (exact) mass is 404 g/mol. The second-order valence-corrected chi connectivity index (χ2v) is 8.51. The predicted molar refractivity (Wildman–Crippen MR) is 127 cm³/mol. The molecule has 1 fully saturated rings. The Bertz CT molecular complexity index is 783. The van der Waals surface area contributed by atoms with Crippen LogP contribution in [0, 0.1) is 0 Å². The van der Waals surface area contributed by atoms with Crippen LogP contribution >= 0.6 is 0 Å². The minimum absolute atomic E-state index is 0.00257. The topological polar surface area (TPSA) is 55.1 Å². The summed E-state index contributed by atoms with van der Waals surface area (Å²) in [6.45, 7) is 0. The van der Waals surface area contributed by atoms with Crippen molar-refractivity contribution in [3.8, 4) is 0 Å². The Balaban J connectivity index is 1.72. The molecule has 3 nitrogen and oxygen atoms in total. The third-order valence-electron chi connectivity index (χ3n) is 6.03. The minimum atomic E-state index is 0.00257. The van der Waals surface area contributed by atoms with E-state index in [4.69, 9.17) is 5.73 Å². The van der Waals surface area contributed by atoms with Crippen molar-refractivity contribution in [2.75, 3.05) is 5.73 Å². The fourth-order valence-electron chi connectivity index (χ4n) is 4.30. The molecule has 0 bridgehead atoms. The number of hydrogen-bond donors (Lipinski definition) is 2. The first kappa shape index (κ1) is 22.1. The van der Waals surface area contributed by atoms with Gasteiger partial charge in [0.15, 0.2) is 0 Å². The average molecular weight is 405 g/mol. The van der Waals surface area contributed by atoms with E-state index in [0.29, 0.717) is 0 Å². The Morgan fingerprint density at radius 2 is 1.23 bits per heavy atom. The van der Waals surface area contributed by atoms with Crippen LogP contribution < -0.4 is 11.1 Å². The molecule has 3 heteroatoms. The summed E-state index contributed by atoms with van der Waals surface area (Å²) in [4.78, 5) is 13.0. The molecule has 0 saturated heterocycles. The highest BCUT2D eigenvalue weighted by molar-refractivity contribution is 5.99. The van der Waals surface area contributed by atoms with Gasteiger partial charge >= 0.3 is 0 Å². The Morgan fingerprint density at radius 3 is 1.80 bits per heavy atom. The zero-order valence-corrected chi connectivity index (χ0v) is 18.1. The number of benzene rings is 2. The van der Waals surface area contributed by atoms with Gasteiger partial charge in [0, 0.05) is 17.8 Å². The lowest BCUT2D eigenvalue weighted by atomic mass is 9.96. The van der Waals surface area contributed by atoms with Crippen LogP contribution in [0.2, 0.25) is 0 Å². The maximum atomic E-state index is 13.0. The van der Waals surface area contributed by atoms with Crippen LogP contribution in [-0.4, -0.2) is 11.9 Å². The van der Waals surface area contributed by atoms with Crippen LogP contribution in [0.1, 0.15) is 81.8 Å². The maximum Gasteiger partial charge on any atom is 0.244 e. The molecule has 30 heavy (non-hydrogen) atoms. The smallest absolute Gasteiger partial charge is 0.244 e. The van der Waals surface area contributed by atoms with Gasteiger partial charge in [-0.05, 0) is 41.7 Å². The third-order valence-corrected chi connectivity index (χ3v) is 6.03. The normalized spacial score (nSPS) is 17.5. The summed E-state index contributed by atoms with van der Waals surface area (Å²) in [6, 6.07) is 18.1. The summed E-state index contributed by atoms with van der Waals surface area (Å²) in [6.07, 6.45) is 15.7. The number of carbonyl (C=O) groups excluding carboxylic acids is 1. The molecule has 160 valence electrons. The van der Waals surface area contributed by atoms with Crippen LogP contribution in [0.15, 0.2) is 60.7 Å². The molecule has 0 radical (unpaired) electrons. The highest BCUT2D eigenvalue weighted by Crippen LogP contribution is 2.24. The van der Waals surface area contributed by atoms with Crippen molar-refractivity contribution in [2.24, 2.45) is 0 Å².